The molecular weight excluding hydrogens is 672 g/mol. The zero-order valence-electron chi connectivity index (χ0n) is 23.4. The molecule has 3 nitrogen and oxygen atoms in total. The molecule has 0 N–H and O–H groups in total. The molecule has 0 aromatic heterocycles. The van der Waals surface area contributed by atoms with E-state index in [-0.39, 0.29) is 12.4 Å². The molecule has 48 heavy (non-hydrogen) atoms. The van der Waals surface area contributed by atoms with Crippen molar-refractivity contribution < 1.29 is 66.9 Å². The van der Waals surface area contributed by atoms with Gasteiger partial charge in [0.05, 0.1) is 11.1 Å². The largest absolute Gasteiger partial charge is 0.573 e. The quantitative estimate of drug-likeness (QED) is 0.110. The van der Waals surface area contributed by atoms with Gasteiger partial charge in [0.2, 0.25) is 5.75 Å². The lowest BCUT2D eigenvalue weighted by Gasteiger charge is -2.19. The molecule has 0 saturated carbocycles. The maximum absolute atomic E-state index is 14.8. The Balaban J connectivity index is 1.53. The molecule has 0 radical (unpaired) electrons. The average Bonchev–Trinajstić information content (AvgIpc) is 2.96. The van der Waals surface area contributed by atoms with Crippen molar-refractivity contribution in [2.75, 3.05) is 6.61 Å². The van der Waals surface area contributed by atoms with Crippen LogP contribution >= 0.6 is 0 Å². The second kappa shape index (κ2) is 14.0. The molecule has 4 rings (SSSR count). The predicted molar refractivity (Wildman–Crippen MR) is 144 cm³/mol. The van der Waals surface area contributed by atoms with Crippen molar-refractivity contribution in [2.45, 2.75) is 12.5 Å². The van der Waals surface area contributed by atoms with Gasteiger partial charge >= 0.3 is 12.5 Å². The van der Waals surface area contributed by atoms with Crippen LogP contribution in [0.5, 0.6) is 17.2 Å². The summed E-state index contributed by atoms with van der Waals surface area (Å²) in [5.41, 5.74) is -4.42. The SMILES string of the molecule is C=CCOc1cc(F)c(C#Cc2cc(F)c(C(F)(F)Oc3ccc(C#Cc4cc(F)c(OC(F)(F)F)c(F)c4)c(F)c3)c(F)c2)c(F)c1. The van der Waals surface area contributed by atoms with Crippen LogP contribution in [0.25, 0.3) is 0 Å². The number of hydrogen-bond donors (Lipinski definition) is 0. The number of halogens is 12. The Hall–Kier alpha value is -5.70. The van der Waals surface area contributed by atoms with E-state index in [0.717, 1.165) is 18.2 Å². The first-order valence-electron chi connectivity index (χ1n) is 12.8. The third-order valence-corrected chi connectivity index (χ3v) is 5.79. The van der Waals surface area contributed by atoms with Gasteiger partial charge in [-0.2, -0.15) is 8.78 Å². The fraction of sp³-hybridized carbons (Fsp3) is 0.0909. The van der Waals surface area contributed by atoms with Gasteiger partial charge in [0.25, 0.3) is 0 Å². The molecule has 4 aromatic rings. The number of benzene rings is 4. The van der Waals surface area contributed by atoms with Crippen LogP contribution in [0.1, 0.15) is 27.8 Å². The molecule has 0 spiro atoms. The van der Waals surface area contributed by atoms with E-state index in [9.17, 15) is 52.7 Å². The summed E-state index contributed by atoms with van der Waals surface area (Å²) >= 11 is 0. The van der Waals surface area contributed by atoms with Gasteiger partial charge in [0.1, 0.15) is 52.8 Å². The Labute approximate surface area is 263 Å². The van der Waals surface area contributed by atoms with Crippen molar-refractivity contribution in [3.05, 3.63) is 136 Å². The molecule has 0 atom stereocenters. The lowest BCUT2D eigenvalue weighted by Crippen LogP contribution is -2.25. The third-order valence-electron chi connectivity index (χ3n) is 5.79. The minimum atomic E-state index is -5.40. The Morgan fingerprint density at radius 2 is 1.10 bits per heavy atom. The van der Waals surface area contributed by atoms with E-state index < -0.39 is 92.5 Å². The van der Waals surface area contributed by atoms with Crippen molar-refractivity contribution >= 4 is 0 Å². The zero-order chi connectivity index (χ0) is 35.4. The topological polar surface area (TPSA) is 27.7 Å². The van der Waals surface area contributed by atoms with Gasteiger partial charge in [-0.3, -0.25) is 0 Å². The van der Waals surface area contributed by atoms with Crippen molar-refractivity contribution in [2.24, 2.45) is 0 Å². The molecule has 0 amide bonds. The van der Waals surface area contributed by atoms with Gasteiger partial charge in [-0.25, -0.2) is 30.7 Å². The summed E-state index contributed by atoms with van der Waals surface area (Å²) in [6.45, 7) is 3.32. The second-order valence-corrected chi connectivity index (χ2v) is 9.25. The van der Waals surface area contributed by atoms with E-state index >= 15 is 0 Å². The average molecular weight is 686 g/mol. The summed E-state index contributed by atoms with van der Waals surface area (Å²) in [6.07, 6.45) is -8.83. The fourth-order valence-electron chi connectivity index (χ4n) is 3.81. The summed E-state index contributed by atoms with van der Waals surface area (Å²) < 4.78 is 179. The maximum Gasteiger partial charge on any atom is 0.573 e. The highest BCUT2D eigenvalue weighted by Crippen LogP contribution is 2.36. The Kier molecular flexibility index (Phi) is 10.2. The predicted octanol–water partition coefficient (Wildman–Crippen LogP) is 9.05. The molecule has 0 fully saturated rings. The summed E-state index contributed by atoms with van der Waals surface area (Å²) in [4.78, 5) is 0. The van der Waals surface area contributed by atoms with E-state index in [2.05, 4.69) is 33.8 Å². The van der Waals surface area contributed by atoms with Crippen molar-refractivity contribution in [3.8, 4) is 40.9 Å². The molecule has 0 aliphatic carbocycles. The van der Waals surface area contributed by atoms with Crippen LogP contribution in [0.15, 0.2) is 67.3 Å². The van der Waals surface area contributed by atoms with Crippen molar-refractivity contribution in [1.29, 1.82) is 0 Å². The fourth-order valence-corrected chi connectivity index (χ4v) is 3.81. The van der Waals surface area contributed by atoms with Crippen LogP contribution in [-0.4, -0.2) is 13.0 Å². The van der Waals surface area contributed by atoms with E-state index in [1.807, 2.05) is 5.92 Å². The van der Waals surface area contributed by atoms with E-state index in [1.165, 1.54) is 6.08 Å². The smallest absolute Gasteiger partial charge is 0.489 e. The van der Waals surface area contributed by atoms with Crippen LogP contribution in [0.3, 0.4) is 0 Å². The molecule has 0 aliphatic rings. The Morgan fingerprint density at radius 3 is 1.62 bits per heavy atom. The molecule has 0 heterocycles. The van der Waals surface area contributed by atoms with Crippen LogP contribution in [-0.2, 0) is 6.11 Å². The van der Waals surface area contributed by atoms with Gasteiger partial charge < -0.3 is 14.2 Å². The molecule has 248 valence electrons. The third kappa shape index (κ3) is 8.55. The Morgan fingerprint density at radius 1 is 0.583 bits per heavy atom. The first kappa shape index (κ1) is 35.2. The minimum absolute atomic E-state index is 0.0574. The first-order valence-corrected chi connectivity index (χ1v) is 12.8. The van der Waals surface area contributed by atoms with Gasteiger partial charge in [-0.1, -0.05) is 36.3 Å². The standard InChI is InChI=1S/C33H14F12O3/c1-2-9-46-21-15-24(35)22(25(36)16-21)8-4-18-10-26(37)30(27(38)11-18)32(41,42)47-20-7-6-19(23(34)14-20)5-3-17-12-28(39)31(29(40)13-17)48-33(43,44)45/h2,6-7,10-16H,1,9H2. The molecular formula is C33H14F12O3. The molecule has 4 aromatic carbocycles. The summed E-state index contributed by atoms with van der Waals surface area (Å²) in [6, 6.07) is 4.79. The monoisotopic (exact) mass is 686 g/mol. The van der Waals surface area contributed by atoms with Gasteiger partial charge in [0.15, 0.2) is 11.6 Å². The van der Waals surface area contributed by atoms with Crippen molar-refractivity contribution in [3.63, 3.8) is 0 Å². The van der Waals surface area contributed by atoms with Gasteiger partial charge in [0, 0.05) is 29.3 Å². The first-order chi connectivity index (χ1) is 22.5. The number of hydrogen-bond acceptors (Lipinski definition) is 3. The minimum Gasteiger partial charge on any atom is -0.489 e. The van der Waals surface area contributed by atoms with Crippen LogP contribution in [0.4, 0.5) is 52.7 Å². The van der Waals surface area contributed by atoms with Gasteiger partial charge in [-0.15, -0.1) is 13.2 Å². The van der Waals surface area contributed by atoms with E-state index in [0.29, 0.717) is 36.4 Å². The summed E-state index contributed by atoms with van der Waals surface area (Å²) in [7, 11) is 0. The Bertz CT molecular complexity index is 1950. The molecule has 0 saturated heterocycles. The molecule has 15 heteroatoms. The lowest BCUT2D eigenvalue weighted by atomic mass is 10.1. The molecule has 0 aliphatic heterocycles. The van der Waals surface area contributed by atoms with Crippen LogP contribution < -0.4 is 14.2 Å². The van der Waals surface area contributed by atoms with Crippen LogP contribution in [0, 0.1) is 64.4 Å². The summed E-state index contributed by atoms with van der Waals surface area (Å²) in [5.74, 6) is -5.68. The van der Waals surface area contributed by atoms with Gasteiger partial charge in [-0.05, 0) is 36.4 Å². The molecule has 0 bridgehead atoms. The number of ether oxygens (including phenoxy) is 3. The second-order valence-electron chi connectivity index (χ2n) is 9.25. The highest BCUT2D eigenvalue weighted by atomic mass is 19.4. The van der Waals surface area contributed by atoms with E-state index in [4.69, 9.17) is 4.74 Å². The zero-order valence-corrected chi connectivity index (χ0v) is 23.4. The number of rotatable bonds is 7. The normalized spacial score (nSPS) is 11.2. The highest BCUT2D eigenvalue weighted by Gasteiger charge is 2.41. The van der Waals surface area contributed by atoms with E-state index in [1.54, 1.807) is 0 Å². The lowest BCUT2D eigenvalue weighted by molar-refractivity contribution is -0.276. The maximum atomic E-state index is 14.8. The van der Waals surface area contributed by atoms with Crippen molar-refractivity contribution in [1.82, 2.24) is 0 Å². The molecule has 0 unspecified atom stereocenters. The van der Waals surface area contributed by atoms with Crippen LogP contribution in [0.2, 0.25) is 0 Å². The summed E-state index contributed by atoms with van der Waals surface area (Å²) in [5, 5.41) is 0. The number of alkyl halides is 5. The highest BCUT2D eigenvalue weighted by molar-refractivity contribution is 5.49.